The standard InChI is InChI=1S/C14H19FN2O3S/c1-21(19,20)17(12-6-7-12)9-8-16-14(18)10-11-4-2-3-5-13(11)15/h2-5,12H,6-10H2,1H3,(H,16,18). The van der Waals surface area contributed by atoms with Crippen molar-refractivity contribution >= 4 is 15.9 Å². The number of nitrogens with zero attached hydrogens (tertiary/aromatic N) is 1. The van der Waals surface area contributed by atoms with Gasteiger partial charge >= 0.3 is 0 Å². The van der Waals surface area contributed by atoms with Gasteiger partial charge in [-0.25, -0.2) is 12.8 Å². The Balaban J connectivity index is 1.80. The van der Waals surface area contributed by atoms with Crippen LogP contribution in [0.5, 0.6) is 0 Å². The monoisotopic (exact) mass is 314 g/mol. The first-order valence-corrected chi connectivity index (χ1v) is 8.69. The Labute approximate surface area is 124 Å². The summed E-state index contributed by atoms with van der Waals surface area (Å²) in [7, 11) is -3.24. The number of nitrogens with one attached hydrogen (secondary N) is 1. The normalized spacial score (nSPS) is 15.2. The van der Waals surface area contributed by atoms with Gasteiger partial charge in [-0.3, -0.25) is 4.79 Å². The van der Waals surface area contributed by atoms with Crippen LogP contribution >= 0.6 is 0 Å². The lowest BCUT2D eigenvalue weighted by Crippen LogP contribution is -2.39. The van der Waals surface area contributed by atoms with Gasteiger partial charge in [0.15, 0.2) is 0 Å². The fraction of sp³-hybridized carbons (Fsp3) is 0.500. The molecule has 0 atom stereocenters. The number of benzene rings is 1. The van der Waals surface area contributed by atoms with Gasteiger partial charge in [-0.1, -0.05) is 18.2 Å². The van der Waals surface area contributed by atoms with Gasteiger partial charge in [0.2, 0.25) is 15.9 Å². The third-order valence-electron chi connectivity index (χ3n) is 3.34. The summed E-state index contributed by atoms with van der Waals surface area (Å²) in [5.74, 6) is -0.729. The number of carbonyl (C=O) groups is 1. The van der Waals surface area contributed by atoms with Crippen LogP contribution < -0.4 is 5.32 Å². The first kappa shape index (κ1) is 15.9. The summed E-state index contributed by atoms with van der Waals surface area (Å²) in [6.45, 7) is 0.489. The highest BCUT2D eigenvalue weighted by molar-refractivity contribution is 7.88. The number of amides is 1. The lowest BCUT2D eigenvalue weighted by atomic mass is 10.1. The average molecular weight is 314 g/mol. The predicted octanol–water partition coefficient (Wildman–Crippen LogP) is 0.908. The van der Waals surface area contributed by atoms with E-state index in [4.69, 9.17) is 0 Å². The second-order valence-electron chi connectivity index (χ2n) is 5.22. The van der Waals surface area contributed by atoms with Crippen LogP contribution in [0.2, 0.25) is 0 Å². The Bertz CT molecular complexity index is 614. The molecule has 1 aromatic rings. The molecular formula is C14H19FN2O3S. The van der Waals surface area contributed by atoms with Gasteiger partial charge < -0.3 is 5.32 Å². The van der Waals surface area contributed by atoms with Gasteiger partial charge in [-0.2, -0.15) is 4.31 Å². The van der Waals surface area contributed by atoms with Crippen molar-refractivity contribution in [2.45, 2.75) is 25.3 Å². The molecule has 5 nitrogen and oxygen atoms in total. The maximum absolute atomic E-state index is 13.4. The second kappa shape index (κ2) is 6.53. The van der Waals surface area contributed by atoms with Gasteiger partial charge in [0.25, 0.3) is 0 Å². The van der Waals surface area contributed by atoms with Crippen molar-refractivity contribution in [1.29, 1.82) is 0 Å². The van der Waals surface area contributed by atoms with Crippen LogP contribution in [0.15, 0.2) is 24.3 Å². The van der Waals surface area contributed by atoms with E-state index in [1.165, 1.54) is 16.6 Å². The van der Waals surface area contributed by atoms with Crippen molar-refractivity contribution < 1.29 is 17.6 Å². The fourth-order valence-electron chi connectivity index (χ4n) is 2.16. The average Bonchev–Trinajstić information content (AvgIpc) is 3.20. The lowest BCUT2D eigenvalue weighted by molar-refractivity contribution is -0.120. The minimum Gasteiger partial charge on any atom is -0.354 e. The number of halogens is 1. The molecule has 7 heteroatoms. The third-order valence-corrected chi connectivity index (χ3v) is 4.68. The molecule has 0 aromatic heterocycles. The van der Waals surface area contributed by atoms with Gasteiger partial charge in [0.1, 0.15) is 5.82 Å². The van der Waals surface area contributed by atoms with E-state index in [1.54, 1.807) is 18.2 Å². The zero-order valence-electron chi connectivity index (χ0n) is 11.9. The van der Waals surface area contributed by atoms with Crippen molar-refractivity contribution in [3.8, 4) is 0 Å². The van der Waals surface area contributed by atoms with Crippen LogP contribution in [-0.2, 0) is 21.2 Å². The third kappa shape index (κ3) is 4.78. The zero-order valence-corrected chi connectivity index (χ0v) is 12.7. The topological polar surface area (TPSA) is 66.5 Å². The van der Waals surface area contributed by atoms with Crippen LogP contribution in [0.1, 0.15) is 18.4 Å². The molecule has 1 saturated carbocycles. The smallest absolute Gasteiger partial charge is 0.224 e. The van der Waals surface area contributed by atoms with Crippen LogP contribution in [0.25, 0.3) is 0 Å². The van der Waals surface area contributed by atoms with Gasteiger partial charge in [0.05, 0.1) is 12.7 Å². The molecule has 0 unspecified atom stereocenters. The van der Waals surface area contributed by atoms with E-state index >= 15 is 0 Å². The molecule has 1 fully saturated rings. The van der Waals surface area contributed by atoms with E-state index in [9.17, 15) is 17.6 Å². The Morgan fingerprint density at radius 3 is 2.62 bits per heavy atom. The molecule has 2 rings (SSSR count). The van der Waals surface area contributed by atoms with Crippen molar-refractivity contribution in [3.05, 3.63) is 35.6 Å². The fourth-order valence-corrected chi connectivity index (χ4v) is 3.34. The molecule has 21 heavy (non-hydrogen) atoms. The van der Waals surface area contributed by atoms with E-state index in [-0.39, 0.29) is 31.5 Å². The first-order chi connectivity index (χ1) is 9.88. The molecule has 0 aliphatic heterocycles. The van der Waals surface area contributed by atoms with Crippen molar-refractivity contribution in [3.63, 3.8) is 0 Å². The highest BCUT2D eigenvalue weighted by atomic mass is 32.2. The molecule has 0 heterocycles. The Kier molecular flexibility index (Phi) is 4.95. The van der Waals surface area contributed by atoms with Crippen molar-refractivity contribution in [1.82, 2.24) is 9.62 Å². The molecule has 0 radical (unpaired) electrons. The SMILES string of the molecule is CS(=O)(=O)N(CCNC(=O)Cc1ccccc1F)C1CC1. The van der Waals surface area contributed by atoms with Crippen LogP contribution in [-0.4, -0.2) is 44.0 Å². The number of hydrogen-bond donors (Lipinski definition) is 1. The molecule has 1 aliphatic carbocycles. The Morgan fingerprint density at radius 2 is 2.05 bits per heavy atom. The molecule has 1 N–H and O–H groups in total. The summed E-state index contributed by atoms with van der Waals surface area (Å²) >= 11 is 0. The summed E-state index contributed by atoms with van der Waals surface area (Å²) in [6.07, 6.45) is 2.87. The van der Waals surface area contributed by atoms with E-state index in [1.807, 2.05) is 0 Å². The van der Waals surface area contributed by atoms with Crippen molar-refractivity contribution in [2.75, 3.05) is 19.3 Å². The summed E-state index contributed by atoms with van der Waals surface area (Å²) in [4.78, 5) is 11.7. The van der Waals surface area contributed by atoms with E-state index in [0.717, 1.165) is 12.8 Å². The van der Waals surface area contributed by atoms with E-state index in [2.05, 4.69) is 5.32 Å². The molecule has 0 spiro atoms. The molecular weight excluding hydrogens is 295 g/mol. The van der Waals surface area contributed by atoms with Gasteiger partial charge in [0, 0.05) is 19.1 Å². The summed E-state index contributed by atoms with van der Waals surface area (Å²) < 4.78 is 38.0. The quantitative estimate of drug-likeness (QED) is 0.813. The molecule has 0 bridgehead atoms. The van der Waals surface area contributed by atoms with E-state index < -0.39 is 15.8 Å². The van der Waals surface area contributed by atoms with Crippen molar-refractivity contribution in [2.24, 2.45) is 0 Å². The minimum atomic E-state index is -3.24. The maximum atomic E-state index is 13.4. The maximum Gasteiger partial charge on any atom is 0.224 e. The molecule has 0 saturated heterocycles. The number of sulfonamides is 1. The predicted molar refractivity (Wildman–Crippen MR) is 77.7 cm³/mol. The highest BCUT2D eigenvalue weighted by Gasteiger charge is 2.34. The van der Waals surface area contributed by atoms with Crippen LogP contribution in [0, 0.1) is 5.82 Å². The molecule has 116 valence electrons. The lowest BCUT2D eigenvalue weighted by Gasteiger charge is -2.19. The summed E-state index contributed by atoms with van der Waals surface area (Å²) in [5.41, 5.74) is 0.331. The first-order valence-electron chi connectivity index (χ1n) is 6.85. The molecule has 1 aromatic carbocycles. The van der Waals surface area contributed by atoms with E-state index in [0.29, 0.717) is 5.56 Å². The van der Waals surface area contributed by atoms with Crippen LogP contribution in [0.4, 0.5) is 4.39 Å². The number of rotatable bonds is 7. The van der Waals surface area contributed by atoms with Gasteiger partial charge in [-0.05, 0) is 24.5 Å². The molecule has 1 amide bonds. The second-order valence-corrected chi connectivity index (χ2v) is 7.16. The summed E-state index contributed by atoms with van der Waals surface area (Å²) in [6, 6.07) is 6.17. The zero-order chi connectivity index (χ0) is 15.5. The number of hydrogen-bond acceptors (Lipinski definition) is 3. The van der Waals surface area contributed by atoms with Crippen LogP contribution in [0.3, 0.4) is 0 Å². The summed E-state index contributed by atoms with van der Waals surface area (Å²) in [5, 5.41) is 2.63. The number of carbonyl (C=O) groups excluding carboxylic acids is 1. The largest absolute Gasteiger partial charge is 0.354 e. The highest BCUT2D eigenvalue weighted by Crippen LogP contribution is 2.28. The Morgan fingerprint density at radius 1 is 1.38 bits per heavy atom. The Hall–Kier alpha value is -1.47. The minimum absolute atomic E-state index is 0.0466. The molecule has 1 aliphatic rings. The van der Waals surface area contributed by atoms with Gasteiger partial charge in [-0.15, -0.1) is 0 Å².